The summed E-state index contributed by atoms with van der Waals surface area (Å²) in [7, 11) is 0. The van der Waals surface area contributed by atoms with Crippen molar-refractivity contribution in [2.24, 2.45) is 0 Å². The van der Waals surface area contributed by atoms with Crippen LogP contribution in [0.5, 0.6) is 11.5 Å². The first-order chi connectivity index (χ1) is 17.1. The number of rotatable bonds is 8. The topological polar surface area (TPSA) is 94.9 Å². The zero-order valence-corrected chi connectivity index (χ0v) is 19.8. The first-order valence-corrected chi connectivity index (χ1v) is 12.2. The summed E-state index contributed by atoms with van der Waals surface area (Å²) in [6, 6.07) is 18.1. The number of hydrogen-bond donors (Lipinski definition) is 1. The van der Waals surface area contributed by atoms with Gasteiger partial charge in [-0.1, -0.05) is 12.1 Å². The molecule has 2 aliphatic rings. The molecular weight excluding hydrogens is 464 g/mol. The van der Waals surface area contributed by atoms with Crippen LogP contribution in [-0.4, -0.2) is 41.1 Å². The van der Waals surface area contributed by atoms with Crippen molar-refractivity contribution in [1.29, 1.82) is 5.26 Å². The number of fused-ring (bicyclic) bond motifs is 1. The summed E-state index contributed by atoms with van der Waals surface area (Å²) in [5, 5.41) is 13.8. The molecule has 0 spiro atoms. The molecule has 178 valence electrons. The van der Waals surface area contributed by atoms with E-state index in [-0.39, 0.29) is 31.3 Å². The average molecular weight is 489 g/mol. The molecule has 9 heteroatoms. The predicted molar refractivity (Wildman–Crippen MR) is 131 cm³/mol. The molecule has 8 nitrogen and oxygen atoms in total. The second kappa shape index (κ2) is 10.1. The fourth-order valence-corrected chi connectivity index (χ4v) is 4.62. The van der Waals surface area contributed by atoms with Crippen LogP contribution in [0.2, 0.25) is 0 Å². The Morgan fingerprint density at radius 2 is 1.86 bits per heavy atom. The molecule has 0 unspecified atom stereocenters. The van der Waals surface area contributed by atoms with E-state index in [0.29, 0.717) is 35.8 Å². The van der Waals surface area contributed by atoms with E-state index < -0.39 is 0 Å². The molecule has 5 rings (SSSR count). The Hall–Kier alpha value is -4.03. The average Bonchev–Trinajstić information content (AvgIpc) is 3.36. The molecule has 0 radical (unpaired) electrons. The maximum absolute atomic E-state index is 13.5. The normalized spacial score (nSPS) is 13.7. The molecule has 3 amide bonds. The molecular formula is C26H24N4O4S. The van der Waals surface area contributed by atoms with Gasteiger partial charge in [-0.3, -0.25) is 4.79 Å². The lowest BCUT2D eigenvalue weighted by molar-refractivity contribution is -0.133. The standard InChI is InChI=1S/C26H24N4O4S/c27-13-18-3-6-20(7-4-18)28-26(32)30(21-8-9-21)16-25(31)29(15-22-2-1-11-35-22)14-19-5-10-23-24(12-19)34-17-33-23/h1-7,10-12,21H,8-9,14-17H2,(H,28,32). The summed E-state index contributed by atoms with van der Waals surface area (Å²) in [5.74, 6) is 1.25. The quantitative estimate of drug-likeness (QED) is 0.501. The molecule has 1 aliphatic heterocycles. The van der Waals surface area contributed by atoms with Gasteiger partial charge in [0.1, 0.15) is 6.54 Å². The van der Waals surface area contributed by atoms with Crippen LogP contribution < -0.4 is 14.8 Å². The Balaban J connectivity index is 1.30. The summed E-state index contributed by atoms with van der Waals surface area (Å²) in [6.07, 6.45) is 1.75. The third-order valence-electron chi connectivity index (χ3n) is 5.91. The van der Waals surface area contributed by atoms with Crippen LogP contribution >= 0.6 is 11.3 Å². The molecule has 1 saturated carbocycles. The molecule has 1 aromatic heterocycles. The minimum Gasteiger partial charge on any atom is -0.454 e. The number of nitrogens with zero attached hydrogens (tertiary/aromatic N) is 3. The summed E-state index contributed by atoms with van der Waals surface area (Å²) in [4.78, 5) is 31.0. The number of benzene rings is 2. The van der Waals surface area contributed by atoms with Crippen molar-refractivity contribution in [1.82, 2.24) is 9.80 Å². The van der Waals surface area contributed by atoms with Gasteiger partial charge in [0.25, 0.3) is 0 Å². The lowest BCUT2D eigenvalue weighted by Crippen LogP contribution is -2.45. The Labute approximate surface area is 207 Å². The van der Waals surface area contributed by atoms with Gasteiger partial charge < -0.3 is 24.6 Å². The lowest BCUT2D eigenvalue weighted by Gasteiger charge is -2.28. The van der Waals surface area contributed by atoms with Crippen molar-refractivity contribution in [3.63, 3.8) is 0 Å². The number of anilines is 1. The molecule has 0 saturated heterocycles. The van der Waals surface area contributed by atoms with E-state index in [1.54, 1.807) is 45.4 Å². The Kier molecular flexibility index (Phi) is 6.55. The predicted octanol–water partition coefficient (Wildman–Crippen LogP) is 4.57. The van der Waals surface area contributed by atoms with Crippen LogP contribution in [0.4, 0.5) is 10.5 Å². The molecule has 2 heterocycles. The highest BCUT2D eigenvalue weighted by atomic mass is 32.1. The van der Waals surface area contributed by atoms with Crippen molar-refractivity contribution < 1.29 is 19.1 Å². The van der Waals surface area contributed by atoms with E-state index in [2.05, 4.69) is 11.4 Å². The van der Waals surface area contributed by atoms with Crippen molar-refractivity contribution in [2.45, 2.75) is 32.0 Å². The van der Waals surface area contributed by atoms with Crippen LogP contribution in [0.15, 0.2) is 60.0 Å². The molecule has 1 fully saturated rings. The number of amides is 3. The van der Waals surface area contributed by atoms with Crippen molar-refractivity contribution in [2.75, 3.05) is 18.7 Å². The summed E-state index contributed by atoms with van der Waals surface area (Å²) in [5.41, 5.74) is 2.03. The van der Waals surface area contributed by atoms with Gasteiger partial charge in [0.05, 0.1) is 18.2 Å². The van der Waals surface area contributed by atoms with Crippen LogP contribution in [-0.2, 0) is 17.9 Å². The Morgan fingerprint density at radius 1 is 1.06 bits per heavy atom. The van der Waals surface area contributed by atoms with Crippen molar-refractivity contribution in [3.05, 3.63) is 76.0 Å². The first-order valence-electron chi connectivity index (χ1n) is 11.4. The number of ether oxygens (including phenoxy) is 2. The molecule has 35 heavy (non-hydrogen) atoms. The highest BCUT2D eigenvalue weighted by Crippen LogP contribution is 2.33. The monoisotopic (exact) mass is 488 g/mol. The van der Waals surface area contributed by atoms with Crippen molar-refractivity contribution >= 4 is 29.0 Å². The summed E-state index contributed by atoms with van der Waals surface area (Å²) in [6.45, 7) is 1.04. The van der Waals surface area contributed by atoms with Crippen LogP contribution in [0.3, 0.4) is 0 Å². The third-order valence-corrected chi connectivity index (χ3v) is 6.77. The Morgan fingerprint density at radius 3 is 2.57 bits per heavy atom. The molecule has 3 aromatic rings. The number of nitrogens with one attached hydrogen (secondary N) is 1. The van der Waals surface area contributed by atoms with E-state index in [0.717, 1.165) is 23.3 Å². The Bertz CT molecular complexity index is 1250. The van der Waals surface area contributed by atoms with Gasteiger partial charge in [0, 0.05) is 23.2 Å². The zero-order valence-electron chi connectivity index (χ0n) is 19.0. The SMILES string of the molecule is N#Cc1ccc(NC(=O)N(CC(=O)N(Cc2ccc3c(c2)OCO3)Cc2cccs2)C2CC2)cc1. The van der Waals surface area contributed by atoms with Gasteiger partial charge >= 0.3 is 6.03 Å². The smallest absolute Gasteiger partial charge is 0.322 e. The fourth-order valence-electron chi connectivity index (χ4n) is 3.90. The first kappa shape index (κ1) is 22.7. The van der Waals surface area contributed by atoms with E-state index in [1.807, 2.05) is 35.7 Å². The highest BCUT2D eigenvalue weighted by molar-refractivity contribution is 7.09. The lowest BCUT2D eigenvalue weighted by atomic mass is 10.2. The second-order valence-electron chi connectivity index (χ2n) is 8.50. The number of carbonyl (C=O) groups is 2. The zero-order chi connectivity index (χ0) is 24.2. The minimum atomic E-state index is -0.315. The maximum Gasteiger partial charge on any atom is 0.322 e. The maximum atomic E-state index is 13.5. The van der Waals surface area contributed by atoms with Crippen LogP contribution in [0.1, 0.15) is 28.8 Å². The van der Waals surface area contributed by atoms with Gasteiger partial charge in [0.15, 0.2) is 11.5 Å². The van der Waals surface area contributed by atoms with Gasteiger partial charge in [-0.15, -0.1) is 11.3 Å². The molecule has 1 aliphatic carbocycles. The number of urea groups is 1. The highest BCUT2D eigenvalue weighted by Gasteiger charge is 2.35. The van der Waals surface area contributed by atoms with E-state index in [4.69, 9.17) is 14.7 Å². The molecule has 2 aromatic carbocycles. The van der Waals surface area contributed by atoms with Crippen LogP contribution in [0.25, 0.3) is 0 Å². The van der Waals surface area contributed by atoms with Gasteiger partial charge in [-0.25, -0.2) is 4.79 Å². The third kappa shape index (κ3) is 5.55. The molecule has 0 atom stereocenters. The number of thiophene rings is 1. The summed E-state index contributed by atoms with van der Waals surface area (Å²) >= 11 is 1.59. The number of carbonyl (C=O) groups excluding carboxylic acids is 2. The van der Waals surface area contributed by atoms with Gasteiger partial charge in [-0.05, 0) is 66.2 Å². The second-order valence-corrected chi connectivity index (χ2v) is 9.53. The fraction of sp³-hybridized carbons (Fsp3) is 0.269. The van der Waals surface area contributed by atoms with E-state index in [1.165, 1.54) is 0 Å². The van der Waals surface area contributed by atoms with Gasteiger partial charge in [-0.2, -0.15) is 5.26 Å². The molecule has 0 bridgehead atoms. The number of nitriles is 1. The largest absolute Gasteiger partial charge is 0.454 e. The van der Waals surface area contributed by atoms with Crippen LogP contribution in [0, 0.1) is 11.3 Å². The van der Waals surface area contributed by atoms with E-state index >= 15 is 0 Å². The molecule has 1 N–H and O–H groups in total. The van der Waals surface area contributed by atoms with E-state index in [9.17, 15) is 9.59 Å². The minimum absolute atomic E-state index is 0.0112. The summed E-state index contributed by atoms with van der Waals surface area (Å²) < 4.78 is 10.9. The van der Waals surface area contributed by atoms with Gasteiger partial charge in [0.2, 0.25) is 12.7 Å². The number of hydrogen-bond acceptors (Lipinski definition) is 6. The van der Waals surface area contributed by atoms with Crippen molar-refractivity contribution in [3.8, 4) is 17.6 Å².